The van der Waals surface area contributed by atoms with Crippen molar-refractivity contribution in [3.8, 4) is 0 Å². The average molecular weight is 367 g/mol. The molecule has 1 unspecified atom stereocenters. The molecule has 0 aromatic heterocycles. The zero-order valence-corrected chi connectivity index (χ0v) is 14.2. The number of nitrogens with zero attached hydrogens (tertiary/aromatic N) is 1. The standard InChI is InChI=1S/C13H20BrFN2O2S/c1-9(2)12(16)6-7-17(3)20(18,19)13-5-4-10(14)8-11(13)15/h4-5,8-9,12H,6-7,16H2,1-3H3. The molecule has 1 aromatic carbocycles. The van der Waals surface area contributed by atoms with E-state index in [1.807, 2.05) is 13.8 Å². The number of rotatable bonds is 6. The van der Waals surface area contributed by atoms with E-state index in [4.69, 9.17) is 5.73 Å². The highest BCUT2D eigenvalue weighted by Gasteiger charge is 2.25. The van der Waals surface area contributed by atoms with Crippen molar-refractivity contribution in [2.75, 3.05) is 13.6 Å². The number of hydrogen-bond donors (Lipinski definition) is 1. The normalized spacial score (nSPS) is 14.0. The molecule has 0 amide bonds. The lowest BCUT2D eigenvalue weighted by Crippen LogP contribution is -2.35. The van der Waals surface area contributed by atoms with Crippen molar-refractivity contribution in [1.82, 2.24) is 4.31 Å². The Labute approximate surface area is 128 Å². The van der Waals surface area contributed by atoms with Crippen LogP contribution in [0.15, 0.2) is 27.6 Å². The summed E-state index contributed by atoms with van der Waals surface area (Å²) >= 11 is 3.10. The third-order valence-corrected chi connectivity index (χ3v) is 5.60. The van der Waals surface area contributed by atoms with Gasteiger partial charge in [0.05, 0.1) is 0 Å². The van der Waals surface area contributed by atoms with E-state index in [0.717, 1.165) is 10.4 Å². The summed E-state index contributed by atoms with van der Waals surface area (Å²) in [5, 5.41) is 0. The van der Waals surface area contributed by atoms with Gasteiger partial charge < -0.3 is 5.73 Å². The number of benzene rings is 1. The molecule has 0 radical (unpaired) electrons. The van der Waals surface area contributed by atoms with Crippen LogP contribution in [0.1, 0.15) is 20.3 Å². The van der Waals surface area contributed by atoms with Gasteiger partial charge >= 0.3 is 0 Å². The fraction of sp³-hybridized carbons (Fsp3) is 0.538. The Bertz CT molecular complexity index is 563. The van der Waals surface area contributed by atoms with Gasteiger partial charge in [0.2, 0.25) is 10.0 Å². The molecule has 4 nitrogen and oxygen atoms in total. The minimum absolute atomic E-state index is 0.0811. The van der Waals surface area contributed by atoms with E-state index >= 15 is 0 Å². The quantitative estimate of drug-likeness (QED) is 0.841. The zero-order valence-electron chi connectivity index (χ0n) is 11.8. The van der Waals surface area contributed by atoms with Crippen LogP contribution in [0, 0.1) is 11.7 Å². The fourth-order valence-corrected chi connectivity index (χ4v) is 3.20. The Morgan fingerprint density at radius 1 is 1.40 bits per heavy atom. The maximum Gasteiger partial charge on any atom is 0.245 e. The monoisotopic (exact) mass is 366 g/mol. The lowest BCUT2D eigenvalue weighted by molar-refractivity contribution is 0.396. The molecule has 20 heavy (non-hydrogen) atoms. The number of nitrogens with two attached hydrogens (primary N) is 1. The maximum absolute atomic E-state index is 13.8. The first-order valence-electron chi connectivity index (χ1n) is 6.33. The zero-order chi connectivity index (χ0) is 15.5. The van der Waals surface area contributed by atoms with Gasteiger partial charge in [-0.25, -0.2) is 17.1 Å². The van der Waals surface area contributed by atoms with Crippen molar-refractivity contribution in [3.63, 3.8) is 0 Å². The highest BCUT2D eigenvalue weighted by atomic mass is 79.9. The number of halogens is 2. The SMILES string of the molecule is CC(C)C(N)CCN(C)S(=O)(=O)c1ccc(Br)cc1F. The second kappa shape index (κ2) is 6.98. The molecule has 0 fully saturated rings. The molecule has 0 saturated carbocycles. The largest absolute Gasteiger partial charge is 0.327 e. The molecule has 1 rings (SSSR count). The van der Waals surface area contributed by atoms with Crippen molar-refractivity contribution >= 4 is 26.0 Å². The Kier molecular flexibility index (Phi) is 6.12. The molecular weight excluding hydrogens is 347 g/mol. The highest BCUT2D eigenvalue weighted by Crippen LogP contribution is 2.22. The first-order valence-corrected chi connectivity index (χ1v) is 8.56. The second-order valence-electron chi connectivity index (χ2n) is 5.10. The fourth-order valence-electron chi connectivity index (χ4n) is 1.64. The van der Waals surface area contributed by atoms with Gasteiger partial charge in [-0.15, -0.1) is 0 Å². The van der Waals surface area contributed by atoms with Crippen LogP contribution in [0.4, 0.5) is 4.39 Å². The lowest BCUT2D eigenvalue weighted by Gasteiger charge is -2.21. The topological polar surface area (TPSA) is 63.4 Å². The van der Waals surface area contributed by atoms with E-state index in [1.54, 1.807) is 0 Å². The molecule has 0 aliphatic rings. The van der Waals surface area contributed by atoms with Crippen LogP contribution in [0.25, 0.3) is 0 Å². The lowest BCUT2D eigenvalue weighted by atomic mass is 10.0. The third-order valence-electron chi connectivity index (χ3n) is 3.22. The second-order valence-corrected chi connectivity index (χ2v) is 8.03. The predicted molar refractivity (Wildman–Crippen MR) is 81.3 cm³/mol. The van der Waals surface area contributed by atoms with Crippen molar-refractivity contribution < 1.29 is 12.8 Å². The van der Waals surface area contributed by atoms with E-state index in [9.17, 15) is 12.8 Å². The van der Waals surface area contributed by atoms with E-state index in [2.05, 4.69) is 15.9 Å². The van der Waals surface area contributed by atoms with Crippen LogP contribution in [0.5, 0.6) is 0 Å². The molecule has 7 heteroatoms. The average Bonchev–Trinajstić information content (AvgIpc) is 2.34. The Morgan fingerprint density at radius 2 is 2.00 bits per heavy atom. The summed E-state index contributed by atoms with van der Waals surface area (Å²) < 4.78 is 40.0. The van der Waals surface area contributed by atoms with Crippen LogP contribution in [0.2, 0.25) is 0 Å². The summed E-state index contributed by atoms with van der Waals surface area (Å²) in [5.41, 5.74) is 5.89. The molecule has 0 bridgehead atoms. The van der Waals surface area contributed by atoms with E-state index in [1.165, 1.54) is 19.2 Å². The van der Waals surface area contributed by atoms with Gasteiger partial charge in [-0.1, -0.05) is 29.8 Å². The summed E-state index contributed by atoms with van der Waals surface area (Å²) in [6.07, 6.45) is 0.533. The molecular formula is C13H20BrFN2O2S. The van der Waals surface area contributed by atoms with Crippen LogP contribution in [-0.4, -0.2) is 32.4 Å². The van der Waals surface area contributed by atoms with Crippen molar-refractivity contribution in [2.24, 2.45) is 11.7 Å². The number of sulfonamides is 1. The molecule has 0 aliphatic heterocycles. The molecule has 0 spiro atoms. The number of hydrogen-bond acceptors (Lipinski definition) is 3. The van der Waals surface area contributed by atoms with Crippen LogP contribution in [0.3, 0.4) is 0 Å². The summed E-state index contributed by atoms with van der Waals surface area (Å²) in [6.45, 7) is 4.22. The molecule has 0 aliphatic carbocycles. The smallest absolute Gasteiger partial charge is 0.245 e. The van der Waals surface area contributed by atoms with Gasteiger partial charge in [-0.2, -0.15) is 0 Å². The van der Waals surface area contributed by atoms with Gasteiger partial charge in [0.15, 0.2) is 0 Å². The van der Waals surface area contributed by atoms with Gasteiger partial charge in [-0.05, 0) is 30.5 Å². The molecule has 1 aromatic rings. The predicted octanol–water partition coefficient (Wildman–Crippen LogP) is 2.58. The van der Waals surface area contributed by atoms with Gasteiger partial charge in [0.25, 0.3) is 0 Å². The van der Waals surface area contributed by atoms with Crippen molar-refractivity contribution in [1.29, 1.82) is 0 Å². The minimum Gasteiger partial charge on any atom is -0.327 e. The Hall–Kier alpha value is -0.500. The summed E-state index contributed by atoms with van der Waals surface area (Å²) in [6, 6.07) is 3.82. The molecule has 1 atom stereocenters. The molecule has 2 N–H and O–H groups in total. The van der Waals surface area contributed by atoms with Crippen LogP contribution in [-0.2, 0) is 10.0 Å². The van der Waals surface area contributed by atoms with Crippen molar-refractivity contribution in [3.05, 3.63) is 28.5 Å². The molecule has 114 valence electrons. The molecule has 0 saturated heterocycles. The van der Waals surface area contributed by atoms with E-state index < -0.39 is 15.8 Å². The summed E-state index contributed by atoms with van der Waals surface area (Å²) in [5.74, 6) is -0.491. The van der Waals surface area contributed by atoms with Gasteiger partial charge in [-0.3, -0.25) is 0 Å². The van der Waals surface area contributed by atoms with Crippen molar-refractivity contribution in [2.45, 2.75) is 31.2 Å². The first-order chi connectivity index (χ1) is 9.16. The third kappa shape index (κ3) is 4.25. The maximum atomic E-state index is 13.8. The van der Waals surface area contributed by atoms with Gasteiger partial charge in [0, 0.05) is 24.1 Å². The highest BCUT2D eigenvalue weighted by molar-refractivity contribution is 9.10. The Balaban J connectivity index is 2.87. The minimum atomic E-state index is -3.83. The van der Waals surface area contributed by atoms with E-state index in [0.29, 0.717) is 10.9 Å². The summed E-state index contributed by atoms with van der Waals surface area (Å²) in [7, 11) is -2.39. The summed E-state index contributed by atoms with van der Waals surface area (Å²) in [4.78, 5) is -0.318. The Morgan fingerprint density at radius 3 is 2.50 bits per heavy atom. The first kappa shape index (κ1) is 17.6. The van der Waals surface area contributed by atoms with Crippen LogP contribution < -0.4 is 5.73 Å². The van der Waals surface area contributed by atoms with Crippen LogP contribution >= 0.6 is 15.9 Å². The van der Waals surface area contributed by atoms with Gasteiger partial charge in [0.1, 0.15) is 10.7 Å². The molecule has 0 heterocycles. The van der Waals surface area contributed by atoms with E-state index in [-0.39, 0.29) is 23.4 Å².